The topological polar surface area (TPSA) is 57.5 Å². The first kappa shape index (κ1) is 15.6. The highest BCUT2D eigenvalue weighted by Gasteiger charge is 2.29. The van der Waals surface area contributed by atoms with Gasteiger partial charge in [0.2, 0.25) is 0 Å². The molecule has 0 saturated heterocycles. The largest absolute Gasteiger partial charge is 0.480 e. The fourth-order valence-corrected chi connectivity index (χ4v) is 2.98. The number of carboxylic acid groups (broad SMARTS) is 1. The Morgan fingerprint density at radius 2 is 1.71 bits per heavy atom. The summed E-state index contributed by atoms with van der Waals surface area (Å²) in [5.41, 5.74) is 2.87. The maximum atomic E-state index is 11.3. The minimum Gasteiger partial charge on any atom is -0.480 e. The molecular weight excluding hydrogens is 284 g/mol. The van der Waals surface area contributed by atoms with E-state index in [9.17, 15) is 9.90 Å². The molecule has 0 aromatic heterocycles. The molecule has 2 aromatic rings. The van der Waals surface area contributed by atoms with Gasteiger partial charge < -0.3 is 10.2 Å². The SMILES string of the molecule is CC(C)(Sc1ccccc1-c1ccc(CO)cc1)C(=O)O. The fraction of sp³-hybridized carbons (Fsp3) is 0.235. The summed E-state index contributed by atoms with van der Waals surface area (Å²) in [5.74, 6) is -0.835. The Morgan fingerprint density at radius 3 is 2.29 bits per heavy atom. The molecule has 2 aromatic carbocycles. The van der Waals surface area contributed by atoms with Gasteiger partial charge in [-0.15, -0.1) is 11.8 Å². The first-order valence-electron chi connectivity index (χ1n) is 6.65. The van der Waals surface area contributed by atoms with Gasteiger partial charge in [-0.25, -0.2) is 0 Å². The van der Waals surface area contributed by atoms with Crippen LogP contribution in [-0.2, 0) is 11.4 Å². The number of aliphatic hydroxyl groups is 1. The average Bonchev–Trinajstić information content (AvgIpc) is 2.47. The Balaban J connectivity index is 2.38. The van der Waals surface area contributed by atoms with Gasteiger partial charge in [0.25, 0.3) is 0 Å². The van der Waals surface area contributed by atoms with Gasteiger partial charge in [0.15, 0.2) is 0 Å². The van der Waals surface area contributed by atoms with Crippen molar-refractivity contribution in [2.75, 3.05) is 0 Å². The van der Waals surface area contributed by atoms with E-state index in [1.54, 1.807) is 13.8 Å². The Kier molecular flexibility index (Phi) is 4.70. The Hall–Kier alpha value is -1.78. The molecule has 0 heterocycles. The molecule has 3 nitrogen and oxygen atoms in total. The van der Waals surface area contributed by atoms with E-state index in [2.05, 4.69) is 0 Å². The monoisotopic (exact) mass is 302 g/mol. The van der Waals surface area contributed by atoms with Gasteiger partial charge in [0, 0.05) is 4.90 Å². The molecule has 2 rings (SSSR count). The second-order valence-electron chi connectivity index (χ2n) is 5.27. The summed E-state index contributed by atoms with van der Waals surface area (Å²) in [4.78, 5) is 12.2. The third kappa shape index (κ3) is 3.65. The van der Waals surface area contributed by atoms with Crippen LogP contribution in [0.5, 0.6) is 0 Å². The van der Waals surface area contributed by atoms with Crippen LogP contribution in [0.25, 0.3) is 11.1 Å². The number of rotatable bonds is 5. The lowest BCUT2D eigenvalue weighted by molar-refractivity contribution is -0.138. The molecule has 0 aliphatic carbocycles. The molecule has 4 heteroatoms. The zero-order valence-corrected chi connectivity index (χ0v) is 12.9. The maximum Gasteiger partial charge on any atom is 0.319 e. The molecule has 2 N–H and O–H groups in total. The van der Waals surface area contributed by atoms with E-state index in [-0.39, 0.29) is 6.61 Å². The van der Waals surface area contributed by atoms with Crippen molar-refractivity contribution >= 4 is 17.7 Å². The Labute approximate surface area is 128 Å². The van der Waals surface area contributed by atoms with Crippen molar-refractivity contribution in [2.24, 2.45) is 0 Å². The number of benzene rings is 2. The van der Waals surface area contributed by atoms with Crippen LogP contribution in [0.3, 0.4) is 0 Å². The minimum atomic E-state index is -0.888. The van der Waals surface area contributed by atoms with Gasteiger partial charge in [-0.1, -0.05) is 42.5 Å². The molecule has 0 atom stereocenters. The maximum absolute atomic E-state index is 11.3. The van der Waals surface area contributed by atoms with E-state index in [1.165, 1.54) is 11.8 Å². The normalized spacial score (nSPS) is 11.4. The van der Waals surface area contributed by atoms with E-state index < -0.39 is 10.7 Å². The molecule has 0 amide bonds. The van der Waals surface area contributed by atoms with E-state index in [0.717, 1.165) is 21.6 Å². The van der Waals surface area contributed by atoms with Crippen molar-refractivity contribution in [3.05, 3.63) is 54.1 Å². The van der Waals surface area contributed by atoms with Crippen molar-refractivity contribution in [3.8, 4) is 11.1 Å². The van der Waals surface area contributed by atoms with Crippen molar-refractivity contribution in [2.45, 2.75) is 30.1 Å². The highest BCUT2D eigenvalue weighted by atomic mass is 32.2. The van der Waals surface area contributed by atoms with Crippen LogP contribution in [0.4, 0.5) is 0 Å². The molecule has 110 valence electrons. The quantitative estimate of drug-likeness (QED) is 0.825. The summed E-state index contributed by atoms with van der Waals surface area (Å²) >= 11 is 1.34. The molecule has 0 bridgehead atoms. The van der Waals surface area contributed by atoms with Crippen molar-refractivity contribution in [1.82, 2.24) is 0 Å². The van der Waals surface area contributed by atoms with Crippen molar-refractivity contribution in [3.63, 3.8) is 0 Å². The predicted octanol–water partition coefficient (Wildman–Crippen LogP) is 3.80. The molecule has 21 heavy (non-hydrogen) atoms. The summed E-state index contributed by atoms with van der Waals surface area (Å²) in [6, 6.07) is 15.4. The first-order valence-corrected chi connectivity index (χ1v) is 7.47. The smallest absolute Gasteiger partial charge is 0.319 e. The predicted molar refractivity (Wildman–Crippen MR) is 85.4 cm³/mol. The summed E-state index contributed by atoms with van der Waals surface area (Å²) < 4.78 is -0.888. The van der Waals surface area contributed by atoms with E-state index >= 15 is 0 Å². The number of carbonyl (C=O) groups is 1. The molecule has 0 unspecified atom stereocenters. The van der Waals surface area contributed by atoms with Crippen LogP contribution < -0.4 is 0 Å². The van der Waals surface area contributed by atoms with Crippen molar-refractivity contribution in [1.29, 1.82) is 0 Å². The van der Waals surface area contributed by atoms with E-state index in [0.29, 0.717) is 0 Å². The standard InChI is InChI=1S/C17H18O3S/c1-17(2,16(19)20)21-15-6-4-3-5-14(15)13-9-7-12(11-18)8-10-13/h3-10,18H,11H2,1-2H3,(H,19,20). The molecule has 0 aliphatic rings. The second kappa shape index (κ2) is 6.33. The Morgan fingerprint density at radius 1 is 1.10 bits per heavy atom. The highest BCUT2D eigenvalue weighted by molar-refractivity contribution is 8.01. The number of aliphatic carboxylic acids is 1. The lowest BCUT2D eigenvalue weighted by Crippen LogP contribution is -2.26. The fourth-order valence-electron chi connectivity index (χ4n) is 1.90. The molecule has 0 fully saturated rings. The average molecular weight is 302 g/mol. The number of thioether (sulfide) groups is 1. The van der Waals surface area contributed by atoms with Gasteiger partial charge in [0.1, 0.15) is 4.75 Å². The molecule has 0 saturated carbocycles. The molecule has 0 aliphatic heterocycles. The van der Waals surface area contributed by atoms with E-state index in [1.807, 2.05) is 48.5 Å². The van der Waals surface area contributed by atoms with Gasteiger partial charge in [-0.3, -0.25) is 4.79 Å². The van der Waals surface area contributed by atoms with Crippen LogP contribution in [0.1, 0.15) is 19.4 Å². The second-order valence-corrected chi connectivity index (χ2v) is 6.93. The lowest BCUT2D eigenvalue weighted by atomic mass is 10.0. The highest BCUT2D eigenvalue weighted by Crippen LogP contribution is 2.38. The first-order chi connectivity index (χ1) is 9.94. The third-order valence-corrected chi connectivity index (χ3v) is 4.48. The number of carboxylic acids is 1. The van der Waals surface area contributed by atoms with Crippen LogP contribution in [-0.4, -0.2) is 20.9 Å². The molecule has 0 spiro atoms. The zero-order chi connectivity index (χ0) is 15.5. The van der Waals surface area contributed by atoms with Gasteiger partial charge in [-0.05, 0) is 36.6 Å². The summed E-state index contributed by atoms with van der Waals surface area (Å²) in [6.45, 7) is 3.42. The summed E-state index contributed by atoms with van der Waals surface area (Å²) in [5, 5.41) is 18.4. The van der Waals surface area contributed by atoms with Crippen LogP contribution in [0.2, 0.25) is 0 Å². The lowest BCUT2D eigenvalue weighted by Gasteiger charge is -2.20. The van der Waals surface area contributed by atoms with Crippen LogP contribution >= 0.6 is 11.8 Å². The van der Waals surface area contributed by atoms with Crippen molar-refractivity contribution < 1.29 is 15.0 Å². The summed E-state index contributed by atoms with van der Waals surface area (Å²) in [6.07, 6.45) is 0. The zero-order valence-electron chi connectivity index (χ0n) is 12.0. The Bertz CT molecular complexity index is 633. The molecule has 0 radical (unpaired) electrons. The van der Waals surface area contributed by atoms with Crippen LogP contribution in [0.15, 0.2) is 53.4 Å². The number of hydrogen-bond donors (Lipinski definition) is 2. The number of aliphatic hydroxyl groups excluding tert-OH is 1. The van der Waals surface area contributed by atoms with Crippen LogP contribution in [0, 0.1) is 0 Å². The summed E-state index contributed by atoms with van der Waals surface area (Å²) in [7, 11) is 0. The van der Waals surface area contributed by atoms with Gasteiger partial charge in [-0.2, -0.15) is 0 Å². The number of hydrogen-bond acceptors (Lipinski definition) is 3. The minimum absolute atomic E-state index is 0.0166. The van der Waals surface area contributed by atoms with Gasteiger partial charge in [0.05, 0.1) is 6.61 Å². The molecular formula is C17H18O3S. The van der Waals surface area contributed by atoms with Gasteiger partial charge >= 0.3 is 5.97 Å². The third-order valence-electron chi connectivity index (χ3n) is 3.21. The van der Waals surface area contributed by atoms with E-state index in [4.69, 9.17) is 5.11 Å².